The Kier molecular flexibility index (Phi) is 4.73. The van der Waals surface area contributed by atoms with Crippen LogP contribution in [-0.4, -0.2) is 29.1 Å². The molecule has 2 aliphatic rings. The van der Waals surface area contributed by atoms with Gasteiger partial charge in [-0.3, -0.25) is 0 Å². The summed E-state index contributed by atoms with van der Waals surface area (Å²) in [5.74, 6) is 1.82. The molecule has 1 aromatic rings. The monoisotopic (exact) mass is 288 g/mol. The van der Waals surface area contributed by atoms with Gasteiger partial charge in [0.25, 0.3) is 0 Å². The number of nitrogens with zero attached hydrogens (tertiary/aromatic N) is 3. The molecular formula is C17H28N4. The first-order chi connectivity index (χ1) is 10.3. The van der Waals surface area contributed by atoms with E-state index in [1.54, 1.807) is 0 Å². The van der Waals surface area contributed by atoms with E-state index >= 15 is 0 Å². The van der Waals surface area contributed by atoms with Gasteiger partial charge in [-0.25, -0.2) is 9.97 Å². The third-order valence-corrected chi connectivity index (χ3v) is 5.12. The average molecular weight is 288 g/mol. The lowest BCUT2D eigenvalue weighted by Crippen LogP contribution is -2.36. The highest BCUT2D eigenvalue weighted by molar-refractivity contribution is 5.30. The van der Waals surface area contributed by atoms with Crippen molar-refractivity contribution in [3.63, 3.8) is 0 Å². The molecule has 3 rings (SSSR count). The molecule has 116 valence electrons. The summed E-state index contributed by atoms with van der Waals surface area (Å²) in [5.41, 5.74) is 1.19. The molecular weight excluding hydrogens is 260 g/mol. The first kappa shape index (κ1) is 14.8. The second kappa shape index (κ2) is 6.73. The minimum atomic E-state index is 0.614. The molecule has 0 aliphatic heterocycles. The third-order valence-electron chi connectivity index (χ3n) is 5.12. The zero-order chi connectivity index (χ0) is 14.7. The van der Waals surface area contributed by atoms with Crippen molar-refractivity contribution in [1.29, 1.82) is 0 Å². The van der Waals surface area contributed by atoms with Crippen LogP contribution in [-0.2, 0) is 6.54 Å². The van der Waals surface area contributed by atoms with Crippen LogP contribution >= 0.6 is 0 Å². The van der Waals surface area contributed by atoms with Crippen molar-refractivity contribution >= 4 is 5.95 Å². The highest BCUT2D eigenvalue weighted by Crippen LogP contribution is 2.30. The summed E-state index contributed by atoms with van der Waals surface area (Å²) < 4.78 is 0. The van der Waals surface area contributed by atoms with Crippen molar-refractivity contribution in [3.8, 4) is 0 Å². The van der Waals surface area contributed by atoms with Gasteiger partial charge in [0.1, 0.15) is 0 Å². The van der Waals surface area contributed by atoms with Crippen LogP contribution in [0.1, 0.15) is 57.4 Å². The van der Waals surface area contributed by atoms with Gasteiger partial charge >= 0.3 is 0 Å². The Hall–Kier alpha value is -1.16. The lowest BCUT2D eigenvalue weighted by Gasteiger charge is -2.34. The molecule has 2 saturated carbocycles. The van der Waals surface area contributed by atoms with E-state index in [0.29, 0.717) is 6.04 Å². The van der Waals surface area contributed by atoms with Gasteiger partial charge in [0, 0.05) is 43.6 Å². The summed E-state index contributed by atoms with van der Waals surface area (Å²) in [7, 11) is 2.15. The fourth-order valence-electron chi connectivity index (χ4n) is 3.27. The van der Waals surface area contributed by atoms with Crippen molar-refractivity contribution < 1.29 is 0 Å². The van der Waals surface area contributed by atoms with Crippen LogP contribution in [0, 0.1) is 5.92 Å². The van der Waals surface area contributed by atoms with E-state index < -0.39 is 0 Å². The van der Waals surface area contributed by atoms with Crippen LogP contribution < -0.4 is 10.2 Å². The summed E-state index contributed by atoms with van der Waals surface area (Å²) in [6.45, 7) is 3.21. The van der Waals surface area contributed by atoms with E-state index in [4.69, 9.17) is 0 Å². The van der Waals surface area contributed by atoms with E-state index in [-0.39, 0.29) is 0 Å². The Morgan fingerprint density at radius 1 is 1.10 bits per heavy atom. The van der Waals surface area contributed by atoms with Crippen LogP contribution in [0.5, 0.6) is 0 Å². The molecule has 2 aliphatic carbocycles. The Bertz CT molecular complexity index is 433. The van der Waals surface area contributed by atoms with Crippen molar-refractivity contribution in [2.75, 3.05) is 11.9 Å². The van der Waals surface area contributed by atoms with Gasteiger partial charge in [-0.2, -0.15) is 0 Å². The molecule has 1 heterocycles. The van der Waals surface area contributed by atoms with Crippen LogP contribution in [0.3, 0.4) is 0 Å². The molecule has 0 bridgehead atoms. The fourth-order valence-corrected chi connectivity index (χ4v) is 3.27. The minimum Gasteiger partial charge on any atom is -0.341 e. The number of anilines is 1. The summed E-state index contributed by atoms with van der Waals surface area (Å²) in [6.07, 6.45) is 13.2. The van der Waals surface area contributed by atoms with Crippen molar-refractivity contribution in [3.05, 3.63) is 18.0 Å². The molecule has 0 radical (unpaired) electrons. The van der Waals surface area contributed by atoms with Crippen LogP contribution in [0.15, 0.2) is 12.4 Å². The lowest BCUT2D eigenvalue weighted by molar-refractivity contribution is 0.312. The number of hydrogen-bond acceptors (Lipinski definition) is 4. The number of nitrogens with one attached hydrogen (secondary N) is 1. The van der Waals surface area contributed by atoms with Crippen molar-refractivity contribution in [1.82, 2.24) is 15.3 Å². The van der Waals surface area contributed by atoms with Crippen LogP contribution in [0.25, 0.3) is 0 Å². The molecule has 2 fully saturated rings. The SMILES string of the molecule is CCC1CCC(N(C)c2ncc(CNC3CC3)cn2)CC1. The molecule has 4 heteroatoms. The van der Waals surface area contributed by atoms with E-state index in [1.165, 1.54) is 50.5 Å². The molecule has 0 aromatic carbocycles. The lowest BCUT2D eigenvalue weighted by atomic mass is 9.84. The maximum Gasteiger partial charge on any atom is 0.225 e. The number of hydrogen-bond donors (Lipinski definition) is 1. The van der Waals surface area contributed by atoms with Crippen LogP contribution in [0.2, 0.25) is 0 Å². The van der Waals surface area contributed by atoms with Gasteiger partial charge in [-0.05, 0) is 44.4 Å². The second-order valence-corrected chi connectivity index (χ2v) is 6.74. The van der Waals surface area contributed by atoms with Crippen molar-refractivity contribution in [2.45, 2.75) is 70.5 Å². The van der Waals surface area contributed by atoms with Crippen molar-refractivity contribution in [2.24, 2.45) is 5.92 Å². The Morgan fingerprint density at radius 2 is 1.76 bits per heavy atom. The molecule has 1 aromatic heterocycles. The zero-order valence-electron chi connectivity index (χ0n) is 13.4. The predicted octanol–water partition coefficient (Wildman–Crippen LogP) is 3.13. The largest absolute Gasteiger partial charge is 0.341 e. The normalized spacial score (nSPS) is 25.8. The van der Waals surface area contributed by atoms with Crippen LogP contribution in [0.4, 0.5) is 5.95 Å². The Labute approximate surface area is 128 Å². The average Bonchev–Trinajstić information content (AvgIpc) is 3.37. The summed E-state index contributed by atoms with van der Waals surface area (Å²) >= 11 is 0. The van der Waals surface area contributed by atoms with Gasteiger partial charge in [-0.15, -0.1) is 0 Å². The van der Waals surface area contributed by atoms with E-state index in [2.05, 4.69) is 34.2 Å². The second-order valence-electron chi connectivity index (χ2n) is 6.74. The highest BCUT2D eigenvalue weighted by atomic mass is 15.2. The molecule has 0 amide bonds. The quantitative estimate of drug-likeness (QED) is 0.873. The maximum atomic E-state index is 4.57. The minimum absolute atomic E-state index is 0.614. The molecule has 0 spiro atoms. The zero-order valence-corrected chi connectivity index (χ0v) is 13.4. The van der Waals surface area contributed by atoms with E-state index in [9.17, 15) is 0 Å². The smallest absolute Gasteiger partial charge is 0.225 e. The Morgan fingerprint density at radius 3 is 2.33 bits per heavy atom. The third kappa shape index (κ3) is 3.94. The summed E-state index contributed by atoms with van der Waals surface area (Å²) in [5, 5.41) is 3.50. The first-order valence-electron chi connectivity index (χ1n) is 8.53. The molecule has 0 unspecified atom stereocenters. The first-order valence-corrected chi connectivity index (χ1v) is 8.53. The highest BCUT2D eigenvalue weighted by Gasteiger charge is 2.24. The van der Waals surface area contributed by atoms with Gasteiger partial charge < -0.3 is 10.2 Å². The summed E-state index contributed by atoms with van der Waals surface area (Å²) in [6, 6.07) is 1.35. The maximum absolute atomic E-state index is 4.57. The number of aromatic nitrogens is 2. The molecule has 4 nitrogen and oxygen atoms in total. The van der Waals surface area contributed by atoms with Gasteiger partial charge in [-0.1, -0.05) is 13.3 Å². The Balaban J connectivity index is 1.52. The standard InChI is InChI=1S/C17H28N4/c1-3-13-4-8-16(9-5-13)21(2)17-19-11-14(12-20-17)10-18-15-6-7-15/h11-13,15-16,18H,3-10H2,1-2H3. The van der Waals surface area contributed by atoms with E-state index in [1.807, 2.05) is 12.4 Å². The van der Waals surface area contributed by atoms with Gasteiger partial charge in [0.15, 0.2) is 0 Å². The van der Waals surface area contributed by atoms with E-state index in [0.717, 1.165) is 24.5 Å². The number of rotatable bonds is 6. The topological polar surface area (TPSA) is 41.1 Å². The molecule has 1 N–H and O–H groups in total. The molecule has 0 saturated heterocycles. The van der Waals surface area contributed by atoms with Gasteiger partial charge in [0.2, 0.25) is 5.95 Å². The fraction of sp³-hybridized carbons (Fsp3) is 0.765. The predicted molar refractivity (Wildman–Crippen MR) is 86.3 cm³/mol. The van der Waals surface area contributed by atoms with Gasteiger partial charge in [0.05, 0.1) is 0 Å². The molecule has 21 heavy (non-hydrogen) atoms. The molecule has 0 atom stereocenters. The summed E-state index contributed by atoms with van der Waals surface area (Å²) in [4.78, 5) is 11.4.